The first-order valence-electron chi connectivity index (χ1n) is 8.65. The summed E-state index contributed by atoms with van der Waals surface area (Å²) >= 11 is 0. The minimum atomic E-state index is -0.701. The van der Waals surface area contributed by atoms with Gasteiger partial charge in [0, 0.05) is 31.1 Å². The monoisotopic (exact) mass is 363 g/mol. The summed E-state index contributed by atoms with van der Waals surface area (Å²) in [4.78, 5) is 25.4. The first-order chi connectivity index (χ1) is 12.5. The number of pyridine rings is 1. The number of nitrogens with one attached hydrogen (secondary N) is 2. The first-order valence-corrected chi connectivity index (χ1v) is 8.65. The summed E-state index contributed by atoms with van der Waals surface area (Å²) in [7, 11) is 0. The largest absolute Gasteiger partial charge is 0.506 e. The van der Waals surface area contributed by atoms with E-state index in [2.05, 4.69) is 10.6 Å². The van der Waals surface area contributed by atoms with E-state index in [1.54, 1.807) is 0 Å². The van der Waals surface area contributed by atoms with Gasteiger partial charge in [0.05, 0.1) is 12.1 Å². The van der Waals surface area contributed by atoms with Crippen molar-refractivity contribution in [3.63, 3.8) is 0 Å². The van der Waals surface area contributed by atoms with Gasteiger partial charge in [-0.05, 0) is 37.5 Å². The fourth-order valence-corrected chi connectivity index (χ4v) is 3.44. The number of rotatable bonds is 6. The van der Waals surface area contributed by atoms with Gasteiger partial charge in [0.25, 0.3) is 11.5 Å². The molecule has 1 aromatic heterocycles. The van der Waals surface area contributed by atoms with Gasteiger partial charge in [0.1, 0.15) is 17.1 Å². The highest BCUT2D eigenvalue weighted by molar-refractivity contribution is 6.03. The van der Waals surface area contributed by atoms with Crippen LogP contribution < -0.4 is 16.2 Å². The third-order valence-corrected chi connectivity index (χ3v) is 4.69. The normalized spacial score (nSPS) is 16.0. The van der Waals surface area contributed by atoms with E-state index >= 15 is 0 Å². The van der Waals surface area contributed by atoms with E-state index in [1.165, 1.54) is 10.6 Å². The Bertz CT molecular complexity index is 910. The molecule has 1 aliphatic heterocycles. The summed E-state index contributed by atoms with van der Waals surface area (Å²) in [6, 6.07) is 2.37. The number of aryl methyl sites for hydroxylation is 1. The van der Waals surface area contributed by atoms with Crippen LogP contribution in [-0.4, -0.2) is 46.9 Å². The molecule has 0 spiro atoms. The quantitative estimate of drug-likeness (QED) is 0.565. The van der Waals surface area contributed by atoms with Gasteiger partial charge >= 0.3 is 0 Å². The molecule has 0 bridgehead atoms. The molecule has 0 aliphatic carbocycles. The van der Waals surface area contributed by atoms with Crippen LogP contribution >= 0.6 is 0 Å². The van der Waals surface area contributed by atoms with E-state index < -0.39 is 23.0 Å². The smallest absolute Gasteiger partial charge is 0.267 e. The molecular formula is C18H22FN3O4. The molecule has 3 rings (SSSR count). The number of carbonyl (C=O) groups is 1. The predicted octanol–water partition coefficient (Wildman–Crippen LogP) is 0.665. The molecule has 4 N–H and O–H groups in total. The Kier molecular flexibility index (Phi) is 5.24. The first kappa shape index (κ1) is 18.3. The molecule has 0 saturated carbocycles. The summed E-state index contributed by atoms with van der Waals surface area (Å²) in [5.74, 6) is -1.70. The molecule has 1 aromatic carbocycles. The Morgan fingerprint density at radius 3 is 2.85 bits per heavy atom. The predicted molar refractivity (Wildman–Crippen MR) is 95.2 cm³/mol. The van der Waals surface area contributed by atoms with Gasteiger partial charge in [-0.15, -0.1) is 0 Å². The molecule has 0 saturated heterocycles. The molecule has 1 atom stereocenters. The number of hydrogen-bond acceptors (Lipinski definition) is 5. The third-order valence-electron chi connectivity index (χ3n) is 4.69. The standard InChI is InChI=1S/C18H22FN3O4/c1-10-2-3-11-8-12(19)9-13-15(11)22(10)18(26)14(16(13)24)17(25)21-5-4-20-6-7-23/h8-10,20,23-24H,2-7H2,1H3,(H,21,25)/t10-/m1/s1. The van der Waals surface area contributed by atoms with Gasteiger partial charge in [-0.25, -0.2) is 4.39 Å². The fraction of sp³-hybridized carbons (Fsp3) is 0.444. The molecule has 1 amide bonds. The van der Waals surface area contributed by atoms with Crippen molar-refractivity contribution in [1.82, 2.24) is 15.2 Å². The average Bonchev–Trinajstić information content (AvgIpc) is 2.60. The van der Waals surface area contributed by atoms with Crippen molar-refractivity contribution in [3.8, 4) is 5.75 Å². The summed E-state index contributed by atoms with van der Waals surface area (Å²) in [5, 5.41) is 24.9. The van der Waals surface area contributed by atoms with Crippen LogP contribution in [0.3, 0.4) is 0 Å². The van der Waals surface area contributed by atoms with Crippen molar-refractivity contribution in [1.29, 1.82) is 0 Å². The maximum absolute atomic E-state index is 13.9. The number of benzene rings is 1. The van der Waals surface area contributed by atoms with Crippen LogP contribution in [0.4, 0.5) is 4.39 Å². The summed E-state index contributed by atoms with van der Waals surface area (Å²) < 4.78 is 15.4. The molecule has 1 aliphatic rings. The lowest BCUT2D eigenvalue weighted by atomic mass is 9.95. The Labute approximate surface area is 149 Å². The molecule has 2 aromatic rings. The highest BCUT2D eigenvalue weighted by Gasteiger charge is 2.28. The number of hydrogen-bond donors (Lipinski definition) is 4. The van der Waals surface area contributed by atoms with Gasteiger partial charge in [0.2, 0.25) is 0 Å². The second-order valence-electron chi connectivity index (χ2n) is 6.48. The van der Waals surface area contributed by atoms with Crippen LogP contribution in [0.1, 0.15) is 35.3 Å². The van der Waals surface area contributed by atoms with Crippen LogP contribution in [0, 0.1) is 5.82 Å². The Morgan fingerprint density at radius 1 is 1.35 bits per heavy atom. The Hall–Kier alpha value is -2.45. The van der Waals surface area contributed by atoms with Crippen LogP contribution in [0.25, 0.3) is 10.9 Å². The number of halogens is 1. The Morgan fingerprint density at radius 2 is 2.12 bits per heavy atom. The van der Waals surface area contributed by atoms with Crippen LogP contribution in [0.15, 0.2) is 16.9 Å². The third kappa shape index (κ3) is 3.17. The molecule has 0 fully saturated rings. The van der Waals surface area contributed by atoms with Crippen molar-refractivity contribution < 1.29 is 19.4 Å². The van der Waals surface area contributed by atoms with Crippen molar-refractivity contribution in [2.24, 2.45) is 0 Å². The van der Waals surface area contributed by atoms with E-state index in [1.807, 2.05) is 6.92 Å². The SMILES string of the molecule is C[C@@H]1CCc2cc(F)cc3c(O)c(C(=O)NCCNCCO)c(=O)n1c23. The number of aromatic hydroxyl groups is 1. The maximum Gasteiger partial charge on any atom is 0.267 e. The zero-order valence-electron chi connectivity index (χ0n) is 14.5. The number of amides is 1. The average molecular weight is 363 g/mol. The summed E-state index contributed by atoms with van der Waals surface area (Å²) in [6.45, 7) is 2.87. The summed E-state index contributed by atoms with van der Waals surface area (Å²) in [6.07, 6.45) is 1.26. The van der Waals surface area contributed by atoms with Gasteiger partial charge in [-0.3, -0.25) is 9.59 Å². The summed E-state index contributed by atoms with van der Waals surface area (Å²) in [5.41, 5.74) is 0.209. The lowest BCUT2D eigenvalue weighted by Crippen LogP contribution is -2.38. The fourth-order valence-electron chi connectivity index (χ4n) is 3.44. The van der Waals surface area contributed by atoms with E-state index in [0.717, 1.165) is 6.07 Å². The van der Waals surface area contributed by atoms with E-state index in [0.29, 0.717) is 37.0 Å². The van der Waals surface area contributed by atoms with Gasteiger partial charge < -0.3 is 25.4 Å². The van der Waals surface area contributed by atoms with Crippen molar-refractivity contribution in [3.05, 3.63) is 39.4 Å². The number of aliphatic hydroxyl groups is 1. The number of aromatic nitrogens is 1. The second kappa shape index (κ2) is 7.43. The molecule has 140 valence electrons. The molecular weight excluding hydrogens is 341 g/mol. The van der Waals surface area contributed by atoms with E-state index in [9.17, 15) is 19.1 Å². The zero-order chi connectivity index (χ0) is 18.8. The molecule has 2 heterocycles. The van der Waals surface area contributed by atoms with Crippen molar-refractivity contribution >= 4 is 16.8 Å². The van der Waals surface area contributed by atoms with Crippen LogP contribution in [-0.2, 0) is 6.42 Å². The number of nitrogens with zero attached hydrogens (tertiary/aromatic N) is 1. The van der Waals surface area contributed by atoms with Gasteiger partial charge in [0.15, 0.2) is 0 Å². The van der Waals surface area contributed by atoms with Gasteiger partial charge in [-0.2, -0.15) is 0 Å². The topological polar surface area (TPSA) is 104 Å². The Balaban J connectivity index is 2.04. The van der Waals surface area contributed by atoms with Gasteiger partial charge in [-0.1, -0.05) is 0 Å². The number of aliphatic hydroxyl groups excluding tert-OH is 1. The number of carbonyl (C=O) groups excluding carboxylic acids is 1. The minimum absolute atomic E-state index is 0.0180. The molecule has 0 radical (unpaired) electrons. The molecule has 8 heteroatoms. The van der Waals surface area contributed by atoms with Crippen molar-refractivity contribution in [2.45, 2.75) is 25.8 Å². The van der Waals surface area contributed by atoms with E-state index in [4.69, 9.17) is 5.11 Å². The highest BCUT2D eigenvalue weighted by Crippen LogP contribution is 2.35. The lowest BCUT2D eigenvalue weighted by molar-refractivity contribution is 0.0949. The second-order valence-corrected chi connectivity index (χ2v) is 6.48. The van der Waals surface area contributed by atoms with Crippen LogP contribution in [0.5, 0.6) is 5.75 Å². The molecule has 7 nitrogen and oxygen atoms in total. The minimum Gasteiger partial charge on any atom is -0.506 e. The molecule has 0 unspecified atom stereocenters. The lowest BCUT2D eigenvalue weighted by Gasteiger charge is -2.26. The van der Waals surface area contributed by atoms with E-state index in [-0.39, 0.29) is 30.1 Å². The van der Waals surface area contributed by atoms with Crippen LogP contribution in [0.2, 0.25) is 0 Å². The molecule has 26 heavy (non-hydrogen) atoms. The zero-order valence-corrected chi connectivity index (χ0v) is 14.5. The maximum atomic E-state index is 13.9. The highest BCUT2D eigenvalue weighted by atomic mass is 19.1. The van der Waals surface area contributed by atoms with Crippen molar-refractivity contribution in [2.75, 3.05) is 26.2 Å².